The summed E-state index contributed by atoms with van der Waals surface area (Å²) in [6.07, 6.45) is 0. The van der Waals surface area contributed by atoms with Crippen molar-refractivity contribution < 1.29 is 18.3 Å². The molecule has 0 aliphatic rings. The third-order valence-corrected chi connectivity index (χ3v) is 5.62. The van der Waals surface area contributed by atoms with Crippen LogP contribution in [0.1, 0.15) is 27.2 Å². The molecule has 3 aromatic rings. The molecule has 0 aliphatic heterocycles. The number of carbonyl (C=O) groups is 1. The van der Waals surface area contributed by atoms with Crippen molar-refractivity contribution in [3.8, 4) is 16.9 Å². The summed E-state index contributed by atoms with van der Waals surface area (Å²) in [7, 11) is 3.33. The lowest BCUT2D eigenvalue weighted by atomic mass is 9.95. The number of ether oxygens (including phenoxy) is 1. The fourth-order valence-electron chi connectivity index (χ4n) is 3.37. The highest BCUT2D eigenvalue weighted by Crippen LogP contribution is 2.39. The smallest absolute Gasteiger partial charge is 0.266 e. The number of pyridine rings is 1. The Morgan fingerprint density at radius 2 is 1.91 bits per heavy atom. The van der Waals surface area contributed by atoms with E-state index in [2.05, 4.69) is 31.5 Å². The van der Waals surface area contributed by atoms with E-state index in [9.17, 15) is 18.4 Å². The lowest BCUT2D eigenvalue weighted by molar-refractivity contribution is 0.0963. The van der Waals surface area contributed by atoms with Gasteiger partial charge in [0.25, 0.3) is 11.5 Å². The molecule has 0 saturated carbocycles. The second-order valence-electron chi connectivity index (χ2n) is 7.11. The van der Waals surface area contributed by atoms with Gasteiger partial charge in [-0.05, 0) is 59.2 Å². The van der Waals surface area contributed by atoms with Gasteiger partial charge in [-0.2, -0.15) is 0 Å². The first kappa shape index (κ1) is 23.6. The average molecular weight is 506 g/mol. The second-order valence-corrected chi connectivity index (χ2v) is 7.90. The van der Waals surface area contributed by atoms with E-state index in [-0.39, 0.29) is 28.3 Å². The van der Waals surface area contributed by atoms with Gasteiger partial charge in [0, 0.05) is 42.0 Å². The molecule has 0 aliphatic carbocycles. The summed E-state index contributed by atoms with van der Waals surface area (Å²) in [6, 6.07) is 8.57. The van der Waals surface area contributed by atoms with Crippen LogP contribution in [0.15, 0.2) is 45.7 Å². The molecule has 1 heterocycles. The topological polar surface area (TPSA) is 83.2 Å². The predicted octanol–water partition coefficient (Wildman–Crippen LogP) is 4.05. The third-order valence-electron chi connectivity index (χ3n) is 4.89. The van der Waals surface area contributed by atoms with E-state index in [1.807, 2.05) is 6.07 Å². The molecule has 0 spiro atoms. The maximum atomic E-state index is 14.1. The summed E-state index contributed by atoms with van der Waals surface area (Å²) in [4.78, 5) is 27.8. The van der Waals surface area contributed by atoms with Crippen molar-refractivity contribution in [3.63, 3.8) is 0 Å². The van der Waals surface area contributed by atoms with E-state index in [1.54, 1.807) is 26.1 Å². The minimum absolute atomic E-state index is 0.0998. The number of hydrogen-bond donors (Lipinski definition) is 3. The Balaban J connectivity index is 2.16. The van der Waals surface area contributed by atoms with E-state index >= 15 is 0 Å². The van der Waals surface area contributed by atoms with Gasteiger partial charge in [-0.25, -0.2) is 8.78 Å². The standard InChI is InChI=1S/C23H22BrF2N3O3/c1-12-19(16-7-4-13(10-27-2)8-17(16)22(30)28-3)21(20(24)23(31)29-12)32-11-14-5-6-15(25)9-18(14)26/h4-9,27H,10-11H2,1-3H3,(H,28,30)(H,29,31). The zero-order chi connectivity index (χ0) is 23.4. The summed E-state index contributed by atoms with van der Waals surface area (Å²) in [5, 5.41) is 5.67. The minimum atomic E-state index is -0.758. The van der Waals surface area contributed by atoms with Crippen LogP contribution < -0.4 is 20.9 Å². The number of aromatic nitrogens is 1. The van der Waals surface area contributed by atoms with Crippen molar-refractivity contribution in [1.82, 2.24) is 15.6 Å². The van der Waals surface area contributed by atoms with E-state index in [4.69, 9.17) is 4.74 Å². The molecule has 168 valence electrons. The van der Waals surface area contributed by atoms with Crippen LogP contribution in [0.4, 0.5) is 8.78 Å². The lowest BCUT2D eigenvalue weighted by Crippen LogP contribution is -2.20. The Morgan fingerprint density at radius 3 is 2.56 bits per heavy atom. The molecule has 2 aromatic carbocycles. The molecule has 9 heteroatoms. The molecular formula is C23H22BrF2N3O3. The van der Waals surface area contributed by atoms with Crippen molar-refractivity contribution in [2.45, 2.75) is 20.1 Å². The zero-order valence-corrected chi connectivity index (χ0v) is 19.3. The zero-order valence-electron chi connectivity index (χ0n) is 17.7. The van der Waals surface area contributed by atoms with Crippen LogP contribution in [0.3, 0.4) is 0 Å². The first-order valence-electron chi connectivity index (χ1n) is 9.75. The Kier molecular flexibility index (Phi) is 7.42. The van der Waals surface area contributed by atoms with Gasteiger partial charge >= 0.3 is 0 Å². The number of benzene rings is 2. The first-order valence-corrected chi connectivity index (χ1v) is 10.5. The average Bonchev–Trinajstić information content (AvgIpc) is 2.76. The number of rotatable bonds is 7. The summed E-state index contributed by atoms with van der Waals surface area (Å²) >= 11 is 3.25. The van der Waals surface area contributed by atoms with Gasteiger partial charge in [-0.3, -0.25) is 9.59 Å². The first-order chi connectivity index (χ1) is 15.3. The summed E-state index contributed by atoms with van der Waals surface area (Å²) in [5.74, 6) is -1.61. The molecule has 6 nitrogen and oxygen atoms in total. The number of hydrogen-bond acceptors (Lipinski definition) is 4. The largest absolute Gasteiger partial charge is 0.487 e. The predicted molar refractivity (Wildman–Crippen MR) is 122 cm³/mol. The second kappa shape index (κ2) is 10.1. The van der Waals surface area contributed by atoms with E-state index in [1.165, 1.54) is 13.1 Å². The Labute approximate surface area is 192 Å². The Bertz CT molecular complexity index is 1230. The Hall–Kier alpha value is -3.04. The molecule has 0 radical (unpaired) electrons. The third kappa shape index (κ3) is 4.89. The highest BCUT2D eigenvalue weighted by molar-refractivity contribution is 9.10. The van der Waals surface area contributed by atoms with Gasteiger partial charge in [-0.1, -0.05) is 12.1 Å². The molecule has 3 N–H and O–H groups in total. The van der Waals surface area contributed by atoms with Gasteiger partial charge in [0.2, 0.25) is 0 Å². The monoisotopic (exact) mass is 505 g/mol. The van der Waals surface area contributed by atoms with Gasteiger partial charge in [-0.15, -0.1) is 0 Å². The lowest BCUT2D eigenvalue weighted by Gasteiger charge is -2.18. The molecule has 3 rings (SSSR count). The van der Waals surface area contributed by atoms with Crippen LogP contribution >= 0.6 is 15.9 Å². The van der Waals surface area contributed by atoms with Crippen molar-refractivity contribution in [3.05, 3.63) is 85.2 Å². The normalized spacial score (nSPS) is 10.8. The van der Waals surface area contributed by atoms with E-state index < -0.39 is 17.2 Å². The molecule has 1 amide bonds. The van der Waals surface area contributed by atoms with Crippen LogP contribution in [0.2, 0.25) is 0 Å². The minimum Gasteiger partial charge on any atom is -0.487 e. The number of nitrogens with one attached hydrogen (secondary N) is 3. The maximum absolute atomic E-state index is 14.1. The quantitative estimate of drug-likeness (QED) is 0.452. The fraction of sp³-hybridized carbons (Fsp3) is 0.217. The van der Waals surface area contributed by atoms with Crippen LogP contribution in [0.25, 0.3) is 11.1 Å². The fourth-order valence-corrected chi connectivity index (χ4v) is 3.78. The van der Waals surface area contributed by atoms with E-state index in [0.717, 1.165) is 17.7 Å². The Morgan fingerprint density at radius 1 is 1.16 bits per heavy atom. The number of halogens is 3. The molecule has 0 atom stereocenters. The molecule has 0 saturated heterocycles. The van der Waals surface area contributed by atoms with Gasteiger partial charge in [0.15, 0.2) is 0 Å². The summed E-state index contributed by atoms with van der Waals surface area (Å²) in [6.45, 7) is 2.00. The van der Waals surface area contributed by atoms with Crippen LogP contribution in [-0.4, -0.2) is 25.0 Å². The number of amides is 1. The van der Waals surface area contributed by atoms with Crippen molar-refractivity contribution in [2.24, 2.45) is 0 Å². The van der Waals surface area contributed by atoms with Crippen LogP contribution in [0, 0.1) is 18.6 Å². The molecular weight excluding hydrogens is 484 g/mol. The molecule has 0 fully saturated rings. The number of aromatic amines is 1. The van der Waals surface area contributed by atoms with Crippen LogP contribution in [0.5, 0.6) is 5.75 Å². The van der Waals surface area contributed by atoms with Crippen molar-refractivity contribution in [1.29, 1.82) is 0 Å². The number of aryl methyl sites for hydroxylation is 1. The van der Waals surface area contributed by atoms with Gasteiger partial charge in [0.05, 0.1) is 0 Å². The SMILES string of the molecule is CNCc1ccc(-c2c(C)[nH]c(=O)c(Br)c2OCc2ccc(F)cc2F)c(C(=O)NC)c1. The highest BCUT2D eigenvalue weighted by Gasteiger charge is 2.22. The highest BCUT2D eigenvalue weighted by atomic mass is 79.9. The van der Waals surface area contributed by atoms with Gasteiger partial charge < -0.3 is 20.4 Å². The van der Waals surface area contributed by atoms with Crippen LogP contribution in [-0.2, 0) is 13.2 Å². The number of H-pyrrole nitrogens is 1. The molecule has 1 aromatic heterocycles. The van der Waals surface area contributed by atoms with Gasteiger partial charge in [0.1, 0.15) is 28.5 Å². The number of carbonyl (C=O) groups excluding carboxylic acids is 1. The molecule has 32 heavy (non-hydrogen) atoms. The molecule has 0 bridgehead atoms. The van der Waals surface area contributed by atoms with E-state index in [0.29, 0.717) is 28.9 Å². The summed E-state index contributed by atoms with van der Waals surface area (Å²) in [5.41, 5.74) is 2.46. The van der Waals surface area contributed by atoms with Crippen molar-refractivity contribution in [2.75, 3.05) is 14.1 Å². The van der Waals surface area contributed by atoms with Crippen molar-refractivity contribution >= 4 is 21.8 Å². The molecule has 0 unspecified atom stereocenters. The maximum Gasteiger partial charge on any atom is 0.266 e. The summed E-state index contributed by atoms with van der Waals surface area (Å²) < 4.78 is 33.3.